The van der Waals surface area contributed by atoms with E-state index in [1.807, 2.05) is 55.5 Å². The Kier molecular flexibility index (Phi) is 9.60. The minimum atomic E-state index is -0.483. The summed E-state index contributed by atoms with van der Waals surface area (Å²) in [7, 11) is 0. The third kappa shape index (κ3) is 7.70. The van der Waals surface area contributed by atoms with E-state index in [0.29, 0.717) is 26.0 Å². The molecule has 5 nitrogen and oxygen atoms in total. The fourth-order valence-corrected chi connectivity index (χ4v) is 4.21. The summed E-state index contributed by atoms with van der Waals surface area (Å²) < 4.78 is 5.72. The van der Waals surface area contributed by atoms with Crippen LogP contribution in [-0.4, -0.2) is 41.9 Å². The lowest BCUT2D eigenvalue weighted by molar-refractivity contribution is -0.140. The number of carbonyl (C=O) groups excluding carboxylic acids is 2. The molecule has 0 aromatic heterocycles. The Hall–Kier alpha value is -2.82. The van der Waals surface area contributed by atoms with Crippen LogP contribution in [0.15, 0.2) is 60.7 Å². The van der Waals surface area contributed by atoms with Crippen molar-refractivity contribution in [1.29, 1.82) is 0 Å². The highest BCUT2D eigenvalue weighted by molar-refractivity contribution is 5.87. The normalized spacial score (nSPS) is 15.0. The van der Waals surface area contributed by atoms with Crippen molar-refractivity contribution in [3.63, 3.8) is 0 Å². The van der Waals surface area contributed by atoms with Crippen LogP contribution in [0.1, 0.15) is 57.4 Å². The van der Waals surface area contributed by atoms with Crippen LogP contribution in [0.4, 0.5) is 0 Å². The molecule has 1 aliphatic carbocycles. The van der Waals surface area contributed by atoms with Crippen LogP contribution in [0.5, 0.6) is 5.75 Å². The van der Waals surface area contributed by atoms with Crippen LogP contribution in [0, 0.1) is 0 Å². The summed E-state index contributed by atoms with van der Waals surface area (Å²) in [5.41, 5.74) is 1.16. The van der Waals surface area contributed by atoms with Gasteiger partial charge in [-0.2, -0.15) is 0 Å². The first-order chi connectivity index (χ1) is 15.6. The van der Waals surface area contributed by atoms with Gasteiger partial charge in [0.15, 0.2) is 0 Å². The van der Waals surface area contributed by atoms with E-state index < -0.39 is 6.04 Å². The number of nitrogens with one attached hydrogen (secondary N) is 1. The van der Waals surface area contributed by atoms with Gasteiger partial charge in [0, 0.05) is 19.0 Å². The summed E-state index contributed by atoms with van der Waals surface area (Å²) in [6.07, 6.45) is 7.35. The zero-order valence-corrected chi connectivity index (χ0v) is 19.2. The summed E-state index contributed by atoms with van der Waals surface area (Å²) in [5.74, 6) is 0.767. The van der Waals surface area contributed by atoms with Crippen molar-refractivity contribution in [3.8, 4) is 5.75 Å². The fraction of sp³-hybridized carbons (Fsp3) is 0.481. The van der Waals surface area contributed by atoms with Crippen molar-refractivity contribution in [3.05, 3.63) is 66.2 Å². The summed E-state index contributed by atoms with van der Waals surface area (Å²) in [6, 6.07) is 19.5. The Labute approximate surface area is 192 Å². The predicted molar refractivity (Wildman–Crippen MR) is 128 cm³/mol. The fourth-order valence-electron chi connectivity index (χ4n) is 4.21. The molecule has 1 aliphatic rings. The van der Waals surface area contributed by atoms with Crippen molar-refractivity contribution in [2.24, 2.45) is 0 Å². The van der Waals surface area contributed by atoms with Crippen molar-refractivity contribution in [1.82, 2.24) is 10.2 Å². The van der Waals surface area contributed by atoms with Gasteiger partial charge >= 0.3 is 0 Å². The van der Waals surface area contributed by atoms with E-state index in [4.69, 9.17) is 4.74 Å². The SMILES string of the molecule is C[C@@H](C(=O)NC1CCCCC1)N(CCc1ccccc1)C(=O)CCCOc1ccccc1. The number of para-hydroxylation sites is 1. The van der Waals surface area contributed by atoms with E-state index in [1.54, 1.807) is 4.90 Å². The number of benzene rings is 2. The molecule has 32 heavy (non-hydrogen) atoms. The van der Waals surface area contributed by atoms with Crippen molar-refractivity contribution >= 4 is 11.8 Å². The minimum absolute atomic E-state index is 0.00360. The lowest BCUT2D eigenvalue weighted by Crippen LogP contribution is -2.51. The van der Waals surface area contributed by atoms with Gasteiger partial charge in [-0.15, -0.1) is 0 Å². The molecule has 0 saturated heterocycles. The van der Waals surface area contributed by atoms with Gasteiger partial charge in [-0.05, 0) is 50.3 Å². The Bertz CT molecular complexity index is 819. The van der Waals surface area contributed by atoms with E-state index >= 15 is 0 Å². The van der Waals surface area contributed by atoms with Crippen molar-refractivity contribution < 1.29 is 14.3 Å². The molecule has 1 saturated carbocycles. The second-order valence-electron chi connectivity index (χ2n) is 8.61. The Morgan fingerprint density at radius 1 is 1.00 bits per heavy atom. The van der Waals surface area contributed by atoms with E-state index in [1.165, 1.54) is 6.42 Å². The van der Waals surface area contributed by atoms with Crippen LogP contribution >= 0.6 is 0 Å². The molecule has 2 aromatic rings. The summed E-state index contributed by atoms with van der Waals surface area (Å²) in [5, 5.41) is 3.18. The minimum Gasteiger partial charge on any atom is -0.494 e. The number of rotatable bonds is 11. The van der Waals surface area contributed by atoms with E-state index in [-0.39, 0.29) is 17.9 Å². The molecule has 0 heterocycles. The molecule has 0 spiro atoms. The molecule has 1 fully saturated rings. The lowest BCUT2D eigenvalue weighted by Gasteiger charge is -2.31. The molecule has 3 rings (SSSR count). The smallest absolute Gasteiger partial charge is 0.242 e. The number of nitrogens with zero attached hydrogens (tertiary/aromatic N) is 1. The standard InChI is InChI=1S/C27H36N2O3/c1-22(27(31)28-24-14-7-3-8-15-24)29(20-19-23-12-5-2-6-13-23)26(30)18-11-21-32-25-16-9-4-10-17-25/h2,4-6,9-10,12-13,16-17,22,24H,3,7-8,11,14-15,18-21H2,1H3,(H,28,31)/t22-/m0/s1. The van der Waals surface area contributed by atoms with Crippen molar-refractivity contribution in [2.75, 3.05) is 13.2 Å². The summed E-state index contributed by atoms with van der Waals surface area (Å²) in [6.45, 7) is 2.86. The number of carbonyl (C=O) groups is 2. The van der Waals surface area contributed by atoms with Gasteiger partial charge in [0.25, 0.3) is 0 Å². The summed E-state index contributed by atoms with van der Waals surface area (Å²) >= 11 is 0. The van der Waals surface area contributed by atoms with E-state index in [9.17, 15) is 9.59 Å². The molecule has 0 bridgehead atoms. The number of ether oxygens (including phenoxy) is 1. The quantitative estimate of drug-likeness (QED) is 0.517. The van der Waals surface area contributed by atoms with Gasteiger partial charge in [-0.25, -0.2) is 0 Å². The topological polar surface area (TPSA) is 58.6 Å². The Morgan fingerprint density at radius 2 is 1.66 bits per heavy atom. The molecule has 0 aliphatic heterocycles. The molecule has 1 atom stereocenters. The summed E-state index contributed by atoms with van der Waals surface area (Å²) in [4.78, 5) is 27.8. The Balaban J connectivity index is 1.55. The van der Waals surface area contributed by atoms with Gasteiger partial charge in [0.05, 0.1) is 6.61 Å². The third-order valence-corrected chi connectivity index (χ3v) is 6.15. The highest BCUT2D eigenvalue weighted by Crippen LogP contribution is 2.18. The van der Waals surface area contributed by atoms with E-state index in [0.717, 1.165) is 43.4 Å². The molecular weight excluding hydrogens is 400 g/mol. The second-order valence-corrected chi connectivity index (χ2v) is 8.61. The molecule has 5 heteroatoms. The maximum Gasteiger partial charge on any atom is 0.242 e. The number of hydrogen-bond donors (Lipinski definition) is 1. The van der Waals surface area contributed by atoms with Crippen LogP contribution < -0.4 is 10.1 Å². The molecule has 172 valence electrons. The maximum absolute atomic E-state index is 13.1. The second kappa shape index (κ2) is 12.9. The number of amides is 2. The lowest BCUT2D eigenvalue weighted by atomic mass is 9.95. The molecule has 0 radical (unpaired) electrons. The predicted octanol–water partition coefficient (Wildman–Crippen LogP) is 4.75. The van der Waals surface area contributed by atoms with E-state index in [2.05, 4.69) is 17.4 Å². The molecular formula is C27H36N2O3. The maximum atomic E-state index is 13.1. The Morgan fingerprint density at radius 3 is 2.34 bits per heavy atom. The number of hydrogen-bond acceptors (Lipinski definition) is 3. The van der Waals surface area contributed by atoms with Crippen LogP contribution in [-0.2, 0) is 16.0 Å². The van der Waals surface area contributed by atoms with Gasteiger partial charge in [-0.3, -0.25) is 9.59 Å². The van der Waals surface area contributed by atoms with Crippen LogP contribution in [0.3, 0.4) is 0 Å². The van der Waals surface area contributed by atoms with Gasteiger partial charge < -0.3 is 15.0 Å². The van der Waals surface area contributed by atoms with Crippen LogP contribution in [0.2, 0.25) is 0 Å². The molecule has 2 amide bonds. The van der Waals surface area contributed by atoms with Gasteiger partial charge in [-0.1, -0.05) is 67.8 Å². The zero-order valence-electron chi connectivity index (χ0n) is 19.2. The molecule has 0 unspecified atom stereocenters. The first-order valence-electron chi connectivity index (χ1n) is 11.9. The third-order valence-electron chi connectivity index (χ3n) is 6.15. The van der Waals surface area contributed by atoms with Crippen molar-refractivity contribution in [2.45, 2.75) is 70.4 Å². The average Bonchev–Trinajstić information content (AvgIpc) is 2.84. The zero-order chi connectivity index (χ0) is 22.6. The monoisotopic (exact) mass is 436 g/mol. The van der Waals surface area contributed by atoms with Crippen LogP contribution in [0.25, 0.3) is 0 Å². The first-order valence-corrected chi connectivity index (χ1v) is 11.9. The average molecular weight is 437 g/mol. The van der Waals surface area contributed by atoms with Gasteiger partial charge in [0.1, 0.15) is 11.8 Å². The molecule has 2 aromatic carbocycles. The largest absolute Gasteiger partial charge is 0.494 e. The molecule has 1 N–H and O–H groups in total. The highest BCUT2D eigenvalue weighted by Gasteiger charge is 2.27. The first kappa shape index (κ1) is 23.8. The van der Waals surface area contributed by atoms with Gasteiger partial charge in [0.2, 0.25) is 11.8 Å². The highest BCUT2D eigenvalue weighted by atomic mass is 16.5.